The van der Waals surface area contributed by atoms with E-state index >= 15 is 0 Å². The molecule has 1 rings (SSSR count). The normalized spacial score (nSPS) is 11.3. The van der Waals surface area contributed by atoms with Crippen LogP contribution in [0.3, 0.4) is 0 Å². The second-order valence-electron chi connectivity index (χ2n) is 3.78. The molecule has 2 N–H and O–H groups in total. The van der Waals surface area contributed by atoms with Gasteiger partial charge in [0.2, 0.25) is 10.0 Å². The number of anilines is 1. The Labute approximate surface area is 109 Å². The average Bonchev–Trinajstić information content (AvgIpc) is 2.39. The molecule has 0 saturated carbocycles. The van der Waals surface area contributed by atoms with E-state index in [-0.39, 0.29) is 5.75 Å². The molecule has 18 heavy (non-hydrogen) atoms. The molecule has 0 aromatic heterocycles. The smallest absolute Gasteiger partial charge is 0.234 e. The van der Waals surface area contributed by atoms with Crippen LogP contribution in [0.4, 0.5) is 5.69 Å². The lowest BCUT2D eigenvalue weighted by molar-refractivity contribution is 0.415. The molecule has 0 bridgehead atoms. The molecule has 0 aliphatic heterocycles. The molecule has 0 amide bonds. The summed E-state index contributed by atoms with van der Waals surface area (Å²) in [7, 11) is -1.79. The van der Waals surface area contributed by atoms with Gasteiger partial charge in [0.1, 0.15) is 5.75 Å². The lowest BCUT2D eigenvalue weighted by Crippen LogP contribution is -2.32. The molecule has 6 heteroatoms. The second kappa shape index (κ2) is 6.06. The zero-order valence-corrected chi connectivity index (χ0v) is 11.8. The van der Waals surface area contributed by atoms with Gasteiger partial charge in [0.05, 0.1) is 18.6 Å². The van der Waals surface area contributed by atoms with Crippen LogP contribution in [0, 0.1) is 0 Å². The number of ether oxygens (including phenoxy) is 1. The molecular weight excluding hydrogens is 252 g/mol. The van der Waals surface area contributed by atoms with Crippen molar-refractivity contribution < 1.29 is 13.2 Å². The van der Waals surface area contributed by atoms with E-state index in [4.69, 9.17) is 10.5 Å². The fourth-order valence-corrected chi connectivity index (χ4v) is 2.88. The highest BCUT2D eigenvalue weighted by molar-refractivity contribution is 7.92. The predicted molar refractivity (Wildman–Crippen MR) is 73.4 cm³/mol. The maximum Gasteiger partial charge on any atom is 0.234 e. The van der Waals surface area contributed by atoms with Crippen molar-refractivity contribution in [2.75, 3.05) is 23.7 Å². The highest BCUT2D eigenvalue weighted by Crippen LogP contribution is 2.31. The van der Waals surface area contributed by atoms with E-state index in [1.807, 2.05) is 6.07 Å². The first-order valence-electron chi connectivity index (χ1n) is 5.87. The Morgan fingerprint density at radius 1 is 1.33 bits per heavy atom. The summed E-state index contributed by atoms with van der Waals surface area (Å²) >= 11 is 0. The number of sulfonamides is 1. The Morgan fingerprint density at radius 3 is 2.44 bits per heavy atom. The number of rotatable bonds is 6. The molecule has 0 heterocycles. The lowest BCUT2D eigenvalue weighted by Gasteiger charge is -2.24. The summed E-state index contributed by atoms with van der Waals surface area (Å²) in [5, 5.41) is 0. The van der Waals surface area contributed by atoms with E-state index < -0.39 is 10.0 Å². The predicted octanol–water partition coefficient (Wildman–Crippen LogP) is 1.33. The molecule has 5 nitrogen and oxygen atoms in total. The minimum atomic E-state index is -3.31. The van der Waals surface area contributed by atoms with Crippen molar-refractivity contribution in [3.8, 4) is 5.75 Å². The van der Waals surface area contributed by atoms with Crippen molar-refractivity contribution >= 4 is 15.7 Å². The number of nitrogens with zero attached hydrogens (tertiary/aromatic N) is 1. The number of nitrogens with two attached hydrogens (primary N) is 1. The molecule has 0 spiro atoms. The topological polar surface area (TPSA) is 72.6 Å². The van der Waals surface area contributed by atoms with Crippen molar-refractivity contribution in [1.29, 1.82) is 0 Å². The largest absolute Gasteiger partial charge is 0.495 e. The van der Waals surface area contributed by atoms with Gasteiger partial charge in [-0.1, -0.05) is 6.07 Å². The average molecular weight is 272 g/mol. The van der Waals surface area contributed by atoms with E-state index in [0.717, 1.165) is 5.56 Å². The minimum Gasteiger partial charge on any atom is -0.495 e. The SMILES string of the molecule is CCN(c1cc(CN)ccc1OC)S(=O)(=O)CC. The van der Waals surface area contributed by atoms with Crippen molar-refractivity contribution in [2.24, 2.45) is 5.73 Å². The van der Waals surface area contributed by atoms with Crippen LogP contribution in [-0.2, 0) is 16.6 Å². The monoisotopic (exact) mass is 272 g/mol. The zero-order chi connectivity index (χ0) is 13.8. The maximum absolute atomic E-state index is 12.0. The Balaban J connectivity index is 3.35. The molecule has 1 aromatic rings. The summed E-state index contributed by atoms with van der Waals surface area (Å²) in [6.07, 6.45) is 0. The van der Waals surface area contributed by atoms with Gasteiger partial charge >= 0.3 is 0 Å². The van der Waals surface area contributed by atoms with Gasteiger partial charge in [0.25, 0.3) is 0 Å². The third-order valence-electron chi connectivity index (χ3n) is 2.74. The van der Waals surface area contributed by atoms with Crippen LogP contribution in [0.15, 0.2) is 18.2 Å². The first-order chi connectivity index (χ1) is 8.50. The van der Waals surface area contributed by atoms with Crippen LogP contribution in [0.1, 0.15) is 19.4 Å². The molecule has 0 unspecified atom stereocenters. The van der Waals surface area contributed by atoms with Crippen molar-refractivity contribution in [3.05, 3.63) is 23.8 Å². The standard InChI is InChI=1S/C12H20N2O3S/c1-4-14(18(15,16)5-2)11-8-10(9-13)6-7-12(11)17-3/h6-8H,4-5,9,13H2,1-3H3. The number of methoxy groups -OCH3 is 1. The van der Waals surface area contributed by atoms with Gasteiger partial charge < -0.3 is 10.5 Å². The first-order valence-corrected chi connectivity index (χ1v) is 7.48. The molecular formula is C12H20N2O3S. The fourth-order valence-electron chi connectivity index (χ4n) is 1.73. The Hall–Kier alpha value is -1.27. The van der Waals surface area contributed by atoms with Crippen LogP contribution < -0.4 is 14.8 Å². The van der Waals surface area contributed by atoms with Crippen LogP contribution in [0.25, 0.3) is 0 Å². The summed E-state index contributed by atoms with van der Waals surface area (Å²) < 4.78 is 30.6. The molecule has 0 radical (unpaired) electrons. The third kappa shape index (κ3) is 2.94. The van der Waals surface area contributed by atoms with Crippen molar-refractivity contribution in [2.45, 2.75) is 20.4 Å². The number of hydrogen-bond donors (Lipinski definition) is 1. The summed E-state index contributed by atoms with van der Waals surface area (Å²) in [5.41, 5.74) is 7.00. The van der Waals surface area contributed by atoms with E-state index in [2.05, 4.69) is 0 Å². The molecule has 102 valence electrons. The van der Waals surface area contributed by atoms with E-state index in [1.165, 1.54) is 11.4 Å². The quantitative estimate of drug-likeness (QED) is 0.848. The third-order valence-corrected chi connectivity index (χ3v) is 4.59. The van der Waals surface area contributed by atoms with Gasteiger partial charge in [0.15, 0.2) is 0 Å². The van der Waals surface area contributed by atoms with Crippen LogP contribution >= 0.6 is 0 Å². The molecule has 0 atom stereocenters. The molecule has 0 aliphatic carbocycles. The zero-order valence-electron chi connectivity index (χ0n) is 11.0. The molecule has 0 aliphatic rings. The highest BCUT2D eigenvalue weighted by atomic mass is 32.2. The van der Waals surface area contributed by atoms with Crippen molar-refractivity contribution in [1.82, 2.24) is 0 Å². The Morgan fingerprint density at radius 2 is 2.00 bits per heavy atom. The second-order valence-corrected chi connectivity index (χ2v) is 5.96. The molecule has 0 saturated heterocycles. The fraction of sp³-hybridized carbons (Fsp3) is 0.500. The summed E-state index contributed by atoms with van der Waals surface area (Å²) in [6, 6.07) is 5.33. The Bertz CT molecular complexity index is 500. The van der Waals surface area contributed by atoms with Gasteiger partial charge in [-0.05, 0) is 31.5 Å². The summed E-state index contributed by atoms with van der Waals surface area (Å²) in [6.45, 7) is 4.14. The van der Waals surface area contributed by atoms with E-state index in [0.29, 0.717) is 24.5 Å². The van der Waals surface area contributed by atoms with Gasteiger partial charge in [0, 0.05) is 13.1 Å². The minimum absolute atomic E-state index is 0.0524. The van der Waals surface area contributed by atoms with Crippen LogP contribution in [0.2, 0.25) is 0 Å². The summed E-state index contributed by atoms with van der Waals surface area (Å²) in [4.78, 5) is 0. The molecule has 1 aromatic carbocycles. The van der Waals surface area contributed by atoms with Gasteiger partial charge in [-0.25, -0.2) is 8.42 Å². The molecule has 0 fully saturated rings. The lowest BCUT2D eigenvalue weighted by atomic mass is 10.2. The highest BCUT2D eigenvalue weighted by Gasteiger charge is 2.22. The maximum atomic E-state index is 12.0. The van der Waals surface area contributed by atoms with Crippen LogP contribution in [0.5, 0.6) is 5.75 Å². The van der Waals surface area contributed by atoms with Crippen LogP contribution in [-0.4, -0.2) is 27.8 Å². The van der Waals surface area contributed by atoms with E-state index in [1.54, 1.807) is 26.0 Å². The first kappa shape index (κ1) is 14.8. The van der Waals surface area contributed by atoms with E-state index in [9.17, 15) is 8.42 Å². The summed E-state index contributed by atoms with van der Waals surface area (Å²) in [5.74, 6) is 0.586. The van der Waals surface area contributed by atoms with Gasteiger partial charge in [-0.3, -0.25) is 4.31 Å². The Kier molecular flexibility index (Phi) is 4.98. The van der Waals surface area contributed by atoms with Gasteiger partial charge in [-0.2, -0.15) is 0 Å². The van der Waals surface area contributed by atoms with Crippen molar-refractivity contribution in [3.63, 3.8) is 0 Å². The number of benzene rings is 1. The number of hydrogen-bond acceptors (Lipinski definition) is 4. The van der Waals surface area contributed by atoms with Gasteiger partial charge in [-0.15, -0.1) is 0 Å².